The van der Waals surface area contributed by atoms with E-state index in [1.165, 1.54) is 4.90 Å². The molecule has 7 nitrogen and oxygen atoms in total. The Balaban J connectivity index is 1.86. The highest BCUT2D eigenvalue weighted by Crippen LogP contribution is 2.29. The van der Waals surface area contributed by atoms with Gasteiger partial charge >= 0.3 is 0 Å². The molecule has 2 aromatic rings. The minimum atomic E-state index is -2.58. The summed E-state index contributed by atoms with van der Waals surface area (Å²) < 4.78 is 50.0. The van der Waals surface area contributed by atoms with Crippen LogP contribution in [-0.2, 0) is 33.4 Å². The number of benzene rings is 2. The van der Waals surface area contributed by atoms with Crippen molar-refractivity contribution in [3.63, 3.8) is 0 Å². The molecule has 0 spiro atoms. The van der Waals surface area contributed by atoms with E-state index in [1.54, 1.807) is 0 Å². The topological polar surface area (TPSA) is 121 Å². The Bertz CT molecular complexity index is 1750. The van der Waals surface area contributed by atoms with Crippen LogP contribution in [0.2, 0.25) is 0 Å². The van der Waals surface area contributed by atoms with Crippen LogP contribution in [0.3, 0.4) is 0 Å². The lowest BCUT2D eigenvalue weighted by Gasteiger charge is -2.31. The average Bonchev–Trinajstić information content (AvgIpc) is 3.42. The molecule has 0 heterocycles. The number of nitrogens with zero attached hydrogens (tertiary/aromatic N) is 1. The van der Waals surface area contributed by atoms with Gasteiger partial charge in [0.15, 0.2) is 5.96 Å². The third kappa shape index (κ3) is 2.90. The zero-order valence-electron chi connectivity index (χ0n) is 18.2. The van der Waals surface area contributed by atoms with Crippen molar-refractivity contribution in [2.75, 3.05) is 0 Å². The molecule has 0 unspecified atom stereocenters. The summed E-state index contributed by atoms with van der Waals surface area (Å²) in [5.74, 6) is -0.422. The molecule has 3 N–H and O–H groups in total. The summed E-state index contributed by atoms with van der Waals surface area (Å²) in [6.07, 6.45) is 3.67. The fourth-order valence-corrected chi connectivity index (χ4v) is 7.30. The van der Waals surface area contributed by atoms with Crippen LogP contribution in [0.15, 0.2) is 36.4 Å². The maximum Gasteiger partial charge on any atom is 0.219 e. The number of nitrogens with two attached hydrogens (primary N) is 1. The first-order valence-corrected chi connectivity index (χ1v) is 13.3. The van der Waals surface area contributed by atoms with E-state index in [9.17, 15) is 16.8 Å². The fourth-order valence-electron chi connectivity index (χ4n) is 6.00. The van der Waals surface area contributed by atoms with E-state index in [-0.39, 0.29) is 34.0 Å². The summed E-state index contributed by atoms with van der Waals surface area (Å²) in [5, 5.41) is 11.9. The Morgan fingerprint density at radius 2 is 1.18 bits per heavy atom. The smallest absolute Gasteiger partial charge is 0.219 e. The molecule has 0 amide bonds. The van der Waals surface area contributed by atoms with Crippen molar-refractivity contribution in [2.45, 2.75) is 38.5 Å². The molecule has 0 fully saturated rings. The molecule has 0 atom stereocenters. The Morgan fingerprint density at radius 3 is 1.56 bits per heavy atom. The number of aryl methyl sites for hydroxylation is 2. The molecule has 9 heteroatoms. The maximum absolute atomic E-state index is 12.5. The number of nitrogens with one attached hydrogen (secondary N) is 1. The zero-order chi connectivity index (χ0) is 23.7. The first-order valence-electron chi connectivity index (χ1n) is 11.1. The standard InChI is InChI=1S/C25H21N3O4S2/c26-25(27)28(23-17-5-1-3-13-7-9-15(21(13)17)11-19(23)33(29)30)24-18-6-2-4-14-8-10-16(22(14)18)12-20(24)34(31)32/h1-6H,7-12H2,(H3,26,27). The molecule has 4 aliphatic rings. The van der Waals surface area contributed by atoms with Gasteiger partial charge in [0, 0.05) is 23.3 Å². The van der Waals surface area contributed by atoms with Crippen LogP contribution >= 0.6 is 0 Å². The summed E-state index contributed by atoms with van der Waals surface area (Å²) in [7, 11) is -5.15. The Morgan fingerprint density at radius 1 is 0.735 bits per heavy atom. The minimum absolute atomic E-state index is 0.127. The van der Waals surface area contributed by atoms with Crippen LogP contribution in [0.25, 0.3) is 22.5 Å². The largest absolute Gasteiger partial charge is 0.369 e. The summed E-state index contributed by atoms with van der Waals surface area (Å²) in [6.45, 7) is 0. The van der Waals surface area contributed by atoms with Gasteiger partial charge in [-0.15, -0.1) is 0 Å². The summed E-state index contributed by atoms with van der Waals surface area (Å²) in [6, 6.07) is 11.5. The predicted molar refractivity (Wildman–Crippen MR) is 132 cm³/mol. The molecule has 0 saturated heterocycles. The average molecular weight is 492 g/mol. The highest BCUT2D eigenvalue weighted by Gasteiger charge is 2.34. The van der Waals surface area contributed by atoms with Crippen molar-refractivity contribution in [3.05, 3.63) is 68.4 Å². The van der Waals surface area contributed by atoms with Crippen LogP contribution < -0.4 is 26.6 Å². The van der Waals surface area contributed by atoms with E-state index in [1.807, 2.05) is 36.4 Å². The maximum atomic E-state index is 12.5. The van der Waals surface area contributed by atoms with Crippen LogP contribution in [-0.4, -0.2) is 37.4 Å². The van der Waals surface area contributed by atoms with Crippen LogP contribution in [0.5, 0.6) is 0 Å². The molecule has 0 saturated carbocycles. The Hall–Kier alpha value is -3.43. The second kappa shape index (κ2) is 7.54. The molecule has 2 aromatic carbocycles. The van der Waals surface area contributed by atoms with Crippen molar-refractivity contribution in [3.8, 4) is 0 Å². The quantitative estimate of drug-likeness (QED) is 0.313. The third-order valence-corrected chi connectivity index (χ3v) is 8.76. The van der Waals surface area contributed by atoms with Gasteiger partial charge in [0.2, 0.25) is 20.6 Å². The van der Waals surface area contributed by atoms with E-state index < -0.39 is 26.5 Å². The second-order valence-electron chi connectivity index (χ2n) is 8.97. The lowest BCUT2D eigenvalue weighted by molar-refractivity contribution is 0.625. The van der Waals surface area contributed by atoms with Crippen molar-refractivity contribution < 1.29 is 16.8 Å². The molecular formula is C25H21N3O4S2. The van der Waals surface area contributed by atoms with Crippen LogP contribution in [0.4, 0.5) is 0 Å². The van der Waals surface area contributed by atoms with Crippen molar-refractivity contribution in [2.24, 2.45) is 5.73 Å². The summed E-state index contributed by atoms with van der Waals surface area (Å²) in [4.78, 5) is 1.61. The van der Waals surface area contributed by atoms with Gasteiger partial charge in [0.1, 0.15) is 9.73 Å². The van der Waals surface area contributed by atoms with Gasteiger partial charge in [-0.2, -0.15) is 16.8 Å². The highest BCUT2D eigenvalue weighted by atomic mass is 32.2. The van der Waals surface area contributed by atoms with Crippen LogP contribution in [0, 0.1) is 5.41 Å². The normalized spacial score (nSPS) is 17.6. The predicted octanol–water partition coefficient (Wildman–Crippen LogP) is -1.10. The van der Waals surface area contributed by atoms with E-state index in [0.29, 0.717) is 10.4 Å². The number of hydrogen-bond donors (Lipinski definition) is 2. The number of hydrogen-bond acceptors (Lipinski definition) is 5. The SMILES string of the molecule is N=C(N)N(C1=c2cccc3c2=C(CC3)CC1=S(=O)=O)C1=c2cccc3c2=C(CC3)CC1=S(=O)=O. The molecule has 6 rings (SSSR count). The zero-order valence-corrected chi connectivity index (χ0v) is 19.8. The highest BCUT2D eigenvalue weighted by molar-refractivity contribution is 7.74. The molecule has 4 aliphatic carbocycles. The summed E-state index contributed by atoms with van der Waals surface area (Å²) >= 11 is 0. The Kier molecular flexibility index (Phi) is 4.69. The molecule has 0 aliphatic heterocycles. The molecule has 34 heavy (non-hydrogen) atoms. The summed E-state index contributed by atoms with van der Waals surface area (Å²) in [5.41, 5.74) is 11.1. The van der Waals surface area contributed by atoms with Crippen molar-refractivity contribution in [1.82, 2.24) is 4.90 Å². The Labute approximate surface area is 198 Å². The van der Waals surface area contributed by atoms with Crippen molar-refractivity contribution in [1.29, 1.82) is 5.41 Å². The van der Waals surface area contributed by atoms with Gasteiger partial charge < -0.3 is 5.73 Å². The molecule has 172 valence electrons. The van der Waals surface area contributed by atoms with Gasteiger partial charge in [-0.3, -0.25) is 10.3 Å². The van der Waals surface area contributed by atoms with Gasteiger partial charge in [-0.25, -0.2) is 0 Å². The van der Waals surface area contributed by atoms with E-state index >= 15 is 0 Å². The molecule has 0 bridgehead atoms. The second-order valence-corrected chi connectivity index (χ2v) is 10.9. The van der Waals surface area contributed by atoms with Gasteiger partial charge in [0.25, 0.3) is 0 Å². The van der Waals surface area contributed by atoms with E-state index in [4.69, 9.17) is 11.1 Å². The van der Waals surface area contributed by atoms with Crippen LogP contribution in [0.1, 0.15) is 36.8 Å². The van der Waals surface area contributed by atoms with Gasteiger partial charge in [-0.05, 0) is 47.2 Å². The monoisotopic (exact) mass is 491 g/mol. The first kappa shape index (κ1) is 21.1. The first-order chi connectivity index (χ1) is 16.4. The fraction of sp³-hybridized carbons (Fsp3) is 0.240. The number of guanidine groups is 1. The van der Waals surface area contributed by atoms with Gasteiger partial charge in [-0.1, -0.05) is 47.5 Å². The number of rotatable bonds is 2. The molecular weight excluding hydrogens is 470 g/mol. The minimum Gasteiger partial charge on any atom is -0.369 e. The third-order valence-electron chi connectivity index (χ3n) is 7.28. The van der Waals surface area contributed by atoms with Crippen molar-refractivity contribution >= 4 is 58.8 Å². The lowest BCUT2D eigenvalue weighted by Crippen LogP contribution is -2.51. The van der Waals surface area contributed by atoms with Gasteiger partial charge in [0.05, 0.1) is 11.4 Å². The molecule has 0 aromatic heterocycles. The molecule has 0 radical (unpaired) electrons. The van der Waals surface area contributed by atoms with E-state index in [0.717, 1.165) is 58.4 Å². The van der Waals surface area contributed by atoms with E-state index in [2.05, 4.69) is 0 Å². The lowest BCUT2D eigenvalue weighted by atomic mass is 9.94.